The van der Waals surface area contributed by atoms with Crippen LogP contribution in [0, 0.1) is 5.92 Å². The largest absolute Gasteiger partial charge is 0.338 e. The summed E-state index contributed by atoms with van der Waals surface area (Å²) in [7, 11) is 2.04. The van der Waals surface area contributed by atoms with Crippen LogP contribution >= 0.6 is 11.6 Å². The molecule has 0 spiro atoms. The van der Waals surface area contributed by atoms with Crippen LogP contribution in [0.25, 0.3) is 0 Å². The average molecular weight is 242 g/mol. The first-order valence-electron chi connectivity index (χ1n) is 6.06. The number of aryl methyl sites for hydroxylation is 1. The summed E-state index contributed by atoms with van der Waals surface area (Å²) in [5.74, 6) is 1.93. The standard InChI is InChI=1S/C12H20ClN3/c1-16-7-6-15-12(16)4-5-14-9-10-2-3-11(13)8-10/h6-7,10-11,14H,2-5,8-9H2,1H3. The third-order valence-corrected chi connectivity index (χ3v) is 3.75. The lowest BCUT2D eigenvalue weighted by atomic mass is 10.1. The van der Waals surface area contributed by atoms with Crippen LogP contribution in [0.2, 0.25) is 0 Å². The molecule has 0 bridgehead atoms. The van der Waals surface area contributed by atoms with E-state index >= 15 is 0 Å². The Hall–Kier alpha value is -0.540. The Labute approximate surface area is 102 Å². The van der Waals surface area contributed by atoms with Gasteiger partial charge in [0.15, 0.2) is 0 Å². The molecule has 1 heterocycles. The molecule has 2 unspecified atom stereocenters. The highest BCUT2D eigenvalue weighted by atomic mass is 35.5. The van der Waals surface area contributed by atoms with Gasteiger partial charge in [-0.3, -0.25) is 0 Å². The predicted molar refractivity (Wildman–Crippen MR) is 66.8 cm³/mol. The molecule has 0 aromatic carbocycles. The van der Waals surface area contributed by atoms with Crippen molar-refractivity contribution in [2.75, 3.05) is 13.1 Å². The van der Waals surface area contributed by atoms with Gasteiger partial charge in [-0.1, -0.05) is 0 Å². The number of halogens is 1. The van der Waals surface area contributed by atoms with Crippen molar-refractivity contribution in [1.29, 1.82) is 0 Å². The second kappa shape index (κ2) is 5.69. The van der Waals surface area contributed by atoms with Gasteiger partial charge < -0.3 is 9.88 Å². The highest BCUT2D eigenvalue weighted by Crippen LogP contribution is 2.28. The second-order valence-corrected chi connectivity index (χ2v) is 5.30. The quantitative estimate of drug-likeness (QED) is 0.631. The number of imidazole rings is 1. The number of aromatic nitrogens is 2. The Morgan fingerprint density at radius 2 is 2.44 bits per heavy atom. The molecule has 1 aliphatic rings. The Morgan fingerprint density at radius 3 is 3.06 bits per heavy atom. The van der Waals surface area contributed by atoms with E-state index in [2.05, 4.69) is 14.9 Å². The summed E-state index contributed by atoms with van der Waals surface area (Å²) in [6.07, 6.45) is 8.49. The minimum absolute atomic E-state index is 0.418. The van der Waals surface area contributed by atoms with Crippen LogP contribution in [-0.2, 0) is 13.5 Å². The van der Waals surface area contributed by atoms with Gasteiger partial charge in [0.05, 0.1) is 0 Å². The highest BCUT2D eigenvalue weighted by Gasteiger charge is 2.22. The van der Waals surface area contributed by atoms with Gasteiger partial charge in [-0.2, -0.15) is 0 Å². The highest BCUT2D eigenvalue weighted by molar-refractivity contribution is 6.20. The SMILES string of the molecule is Cn1ccnc1CCNCC1CCC(Cl)C1. The average Bonchev–Trinajstić information content (AvgIpc) is 2.83. The first-order valence-corrected chi connectivity index (χ1v) is 6.50. The van der Waals surface area contributed by atoms with Crippen LogP contribution in [0.15, 0.2) is 12.4 Å². The summed E-state index contributed by atoms with van der Waals surface area (Å²) in [5, 5.41) is 3.92. The van der Waals surface area contributed by atoms with Crippen molar-refractivity contribution in [3.05, 3.63) is 18.2 Å². The molecular weight excluding hydrogens is 222 g/mol. The van der Waals surface area contributed by atoms with Crippen molar-refractivity contribution in [3.8, 4) is 0 Å². The Balaban J connectivity index is 1.60. The first kappa shape index (κ1) is 11.9. The summed E-state index contributed by atoms with van der Waals surface area (Å²) in [4.78, 5) is 4.30. The van der Waals surface area contributed by atoms with E-state index in [1.54, 1.807) is 0 Å². The zero-order chi connectivity index (χ0) is 11.4. The van der Waals surface area contributed by atoms with Crippen LogP contribution < -0.4 is 5.32 Å². The van der Waals surface area contributed by atoms with E-state index < -0.39 is 0 Å². The number of nitrogens with zero attached hydrogens (tertiary/aromatic N) is 2. The van der Waals surface area contributed by atoms with Crippen molar-refractivity contribution in [2.45, 2.75) is 31.1 Å². The summed E-state index contributed by atoms with van der Waals surface area (Å²) in [6, 6.07) is 0. The molecule has 1 N–H and O–H groups in total. The molecule has 16 heavy (non-hydrogen) atoms. The van der Waals surface area contributed by atoms with Crippen molar-refractivity contribution >= 4 is 11.6 Å². The molecule has 3 nitrogen and oxygen atoms in total. The molecule has 1 fully saturated rings. The van der Waals surface area contributed by atoms with E-state index in [4.69, 9.17) is 11.6 Å². The summed E-state index contributed by atoms with van der Waals surface area (Å²) >= 11 is 6.08. The van der Waals surface area contributed by atoms with Crippen molar-refractivity contribution in [2.24, 2.45) is 13.0 Å². The molecule has 1 aromatic rings. The van der Waals surface area contributed by atoms with E-state index in [1.165, 1.54) is 19.3 Å². The third-order valence-electron chi connectivity index (χ3n) is 3.36. The molecule has 0 aliphatic heterocycles. The molecule has 0 amide bonds. The van der Waals surface area contributed by atoms with Crippen molar-refractivity contribution in [3.63, 3.8) is 0 Å². The normalized spacial score (nSPS) is 25.1. The van der Waals surface area contributed by atoms with Gasteiger partial charge in [0.25, 0.3) is 0 Å². The van der Waals surface area contributed by atoms with E-state index in [0.717, 1.165) is 31.3 Å². The summed E-state index contributed by atoms with van der Waals surface area (Å²) in [5.41, 5.74) is 0. The Bertz CT molecular complexity index is 324. The molecule has 1 saturated carbocycles. The van der Waals surface area contributed by atoms with E-state index in [0.29, 0.717) is 5.38 Å². The monoisotopic (exact) mass is 241 g/mol. The van der Waals surface area contributed by atoms with Gasteiger partial charge in [-0.25, -0.2) is 4.98 Å². The van der Waals surface area contributed by atoms with Crippen LogP contribution in [0.3, 0.4) is 0 Å². The van der Waals surface area contributed by atoms with Crippen molar-refractivity contribution in [1.82, 2.24) is 14.9 Å². The Morgan fingerprint density at radius 1 is 1.56 bits per heavy atom. The third kappa shape index (κ3) is 3.22. The first-order chi connectivity index (χ1) is 7.75. The fourth-order valence-electron chi connectivity index (χ4n) is 2.34. The molecule has 0 saturated heterocycles. The van der Waals surface area contributed by atoms with Crippen molar-refractivity contribution < 1.29 is 0 Å². The number of nitrogens with one attached hydrogen (secondary N) is 1. The number of hydrogen-bond donors (Lipinski definition) is 1. The van der Waals surface area contributed by atoms with Gasteiger partial charge >= 0.3 is 0 Å². The lowest BCUT2D eigenvalue weighted by Gasteiger charge is -2.10. The minimum Gasteiger partial charge on any atom is -0.338 e. The van der Waals surface area contributed by atoms with Gasteiger partial charge in [0.2, 0.25) is 0 Å². The van der Waals surface area contributed by atoms with E-state index in [1.807, 2.05) is 19.4 Å². The molecule has 4 heteroatoms. The van der Waals surface area contributed by atoms with Crippen LogP contribution in [-0.4, -0.2) is 28.0 Å². The molecule has 90 valence electrons. The lowest BCUT2D eigenvalue weighted by molar-refractivity contribution is 0.489. The molecule has 2 atom stereocenters. The van der Waals surface area contributed by atoms with E-state index in [-0.39, 0.29) is 0 Å². The van der Waals surface area contributed by atoms with E-state index in [9.17, 15) is 0 Å². The maximum atomic E-state index is 6.08. The van der Waals surface area contributed by atoms with Gasteiger partial charge in [-0.15, -0.1) is 11.6 Å². The van der Waals surface area contributed by atoms with Gasteiger partial charge in [0.1, 0.15) is 5.82 Å². The van der Waals surface area contributed by atoms with Gasteiger partial charge in [-0.05, 0) is 31.7 Å². The molecular formula is C12H20ClN3. The molecule has 1 aliphatic carbocycles. The zero-order valence-electron chi connectivity index (χ0n) is 9.82. The van der Waals surface area contributed by atoms with Crippen LogP contribution in [0.5, 0.6) is 0 Å². The zero-order valence-corrected chi connectivity index (χ0v) is 10.6. The maximum Gasteiger partial charge on any atom is 0.109 e. The topological polar surface area (TPSA) is 29.9 Å². The minimum atomic E-state index is 0.418. The fourth-order valence-corrected chi connectivity index (χ4v) is 2.72. The number of alkyl halides is 1. The predicted octanol–water partition coefficient (Wildman–Crippen LogP) is 1.96. The maximum absolute atomic E-state index is 6.08. The van der Waals surface area contributed by atoms with Crippen LogP contribution in [0.1, 0.15) is 25.1 Å². The fraction of sp³-hybridized carbons (Fsp3) is 0.750. The summed E-state index contributed by atoms with van der Waals surface area (Å²) < 4.78 is 2.08. The summed E-state index contributed by atoms with van der Waals surface area (Å²) in [6.45, 7) is 2.11. The smallest absolute Gasteiger partial charge is 0.109 e. The molecule has 2 rings (SSSR count). The van der Waals surface area contributed by atoms with Gasteiger partial charge in [0, 0.05) is 37.8 Å². The Kier molecular flexibility index (Phi) is 4.24. The van der Waals surface area contributed by atoms with Crippen LogP contribution in [0.4, 0.5) is 0 Å². The lowest BCUT2D eigenvalue weighted by Crippen LogP contribution is -2.24. The number of rotatable bonds is 5. The number of hydrogen-bond acceptors (Lipinski definition) is 2. The molecule has 0 radical (unpaired) electrons. The second-order valence-electron chi connectivity index (χ2n) is 4.68. The molecule has 1 aromatic heterocycles.